The summed E-state index contributed by atoms with van der Waals surface area (Å²) in [7, 11) is 0. The molecule has 0 bridgehead atoms. The van der Waals surface area contributed by atoms with Gasteiger partial charge in [-0.05, 0) is 55.9 Å². The van der Waals surface area contributed by atoms with Crippen molar-refractivity contribution in [2.75, 3.05) is 18.0 Å². The van der Waals surface area contributed by atoms with Gasteiger partial charge in [0.1, 0.15) is 0 Å². The second-order valence-electron chi connectivity index (χ2n) is 9.14. The molecule has 3 aromatic heterocycles. The molecule has 1 aliphatic carbocycles. The van der Waals surface area contributed by atoms with Crippen molar-refractivity contribution in [2.45, 2.75) is 58.4 Å². The van der Waals surface area contributed by atoms with E-state index in [4.69, 9.17) is 4.98 Å². The summed E-state index contributed by atoms with van der Waals surface area (Å²) in [6, 6.07) is 4.20. The lowest BCUT2D eigenvalue weighted by Gasteiger charge is -2.32. The number of thiophene rings is 1. The van der Waals surface area contributed by atoms with Crippen molar-refractivity contribution < 1.29 is 4.79 Å². The molecule has 0 radical (unpaired) electrons. The van der Waals surface area contributed by atoms with Gasteiger partial charge in [0, 0.05) is 29.4 Å². The third kappa shape index (κ3) is 4.08. The topological polar surface area (TPSA) is 79.6 Å². The molecule has 3 aromatic rings. The average Bonchev–Trinajstić information content (AvgIpc) is 3.48. The number of nitrogens with one attached hydrogen (secondary N) is 1. The van der Waals surface area contributed by atoms with E-state index in [0.29, 0.717) is 10.9 Å². The Bertz CT molecular complexity index is 1160. The van der Waals surface area contributed by atoms with E-state index in [9.17, 15) is 9.59 Å². The van der Waals surface area contributed by atoms with Gasteiger partial charge in [0.25, 0.3) is 5.56 Å². The van der Waals surface area contributed by atoms with Crippen LogP contribution in [0.2, 0.25) is 0 Å². The van der Waals surface area contributed by atoms with Gasteiger partial charge in [0.15, 0.2) is 0 Å². The molecule has 4 heterocycles. The Morgan fingerprint density at radius 1 is 1.22 bits per heavy atom. The van der Waals surface area contributed by atoms with Crippen LogP contribution >= 0.6 is 22.7 Å². The highest BCUT2D eigenvalue weighted by atomic mass is 32.1. The molecule has 1 N–H and O–H groups in total. The molecule has 2 aliphatic rings. The predicted molar refractivity (Wildman–Crippen MR) is 129 cm³/mol. The normalized spacial score (nSPS) is 18.2. The van der Waals surface area contributed by atoms with Gasteiger partial charge in [-0.25, -0.2) is 4.98 Å². The van der Waals surface area contributed by atoms with Crippen LogP contribution in [0, 0.1) is 11.8 Å². The van der Waals surface area contributed by atoms with Gasteiger partial charge in [-0.2, -0.15) is 4.52 Å². The number of rotatable bonds is 5. The SMILES string of the molecule is CC(C)C(NC(=O)C1CCN(c2nn3c(=O)c4c(nc3s2)CCCC4)CC1)c1cccs1. The number of aromatic nitrogens is 3. The number of amides is 1. The first kappa shape index (κ1) is 21.6. The van der Waals surface area contributed by atoms with Crippen LogP contribution in [-0.2, 0) is 17.6 Å². The lowest BCUT2D eigenvalue weighted by Crippen LogP contribution is -2.42. The number of piperidine rings is 1. The Morgan fingerprint density at radius 2 is 2.00 bits per heavy atom. The first-order valence-corrected chi connectivity index (χ1v) is 13.2. The molecule has 9 heteroatoms. The number of carbonyl (C=O) groups excluding carboxylic acids is 1. The van der Waals surface area contributed by atoms with Crippen molar-refractivity contribution in [3.05, 3.63) is 44.0 Å². The van der Waals surface area contributed by atoms with Crippen LogP contribution in [0.4, 0.5) is 5.13 Å². The molecular weight excluding hydrogens is 442 g/mol. The molecule has 0 saturated carbocycles. The lowest BCUT2D eigenvalue weighted by molar-refractivity contribution is -0.126. The smallest absolute Gasteiger partial charge is 0.278 e. The zero-order chi connectivity index (χ0) is 22.2. The lowest BCUT2D eigenvalue weighted by atomic mass is 9.94. The molecule has 5 rings (SSSR count). The Kier molecular flexibility index (Phi) is 6.03. The van der Waals surface area contributed by atoms with Gasteiger partial charge >= 0.3 is 0 Å². The van der Waals surface area contributed by atoms with Crippen LogP contribution < -0.4 is 15.8 Å². The van der Waals surface area contributed by atoms with Crippen molar-refractivity contribution >= 4 is 38.7 Å². The van der Waals surface area contributed by atoms with Crippen LogP contribution in [0.3, 0.4) is 0 Å². The Hall–Kier alpha value is -2.26. The average molecular weight is 472 g/mol. The Balaban J connectivity index is 1.26. The molecule has 0 spiro atoms. The summed E-state index contributed by atoms with van der Waals surface area (Å²) in [4.78, 5) is 34.7. The van der Waals surface area contributed by atoms with Crippen molar-refractivity contribution in [1.82, 2.24) is 19.9 Å². The second kappa shape index (κ2) is 8.94. The minimum Gasteiger partial charge on any atom is -0.348 e. The molecular formula is C23H29N5O2S2. The molecule has 1 fully saturated rings. The number of fused-ring (bicyclic) bond motifs is 2. The standard InChI is InChI=1S/C23H29N5O2S2/c1-14(2)19(18-8-5-13-31-18)25-20(29)15-9-11-27(12-10-15)23-26-28-21(30)16-6-3-4-7-17(16)24-22(28)32-23/h5,8,13-15,19H,3-4,6-7,9-12H2,1-2H3,(H,25,29). The molecule has 7 nitrogen and oxygen atoms in total. The largest absolute Gasteiger partial charge is 0.348 e. The highest BCUT2D eigenvalue weighted by molar-refractivity contribution is 7.20. The minimum atomic E-state index is -0.00484. The zero-order valence-electron chi connectivity index (χ0n) is 18.5. The molecule has 0 aromatic carbocycles. The number of hydrogen-bond donors (Lipinski definition) is 1. The summed E-state index contributed by atoms with van der Waals surface area (Å²) in [6.45, 7) is 5.82. The molecule has 1 amide bonds. The minimum absolute atomic E-state index is 0.00484. The number of carbonyl (C=O) groups is 1. The summed E-state index contributed by atoms with van der Waals surface area (Å²) >= 11 is 3.17. The molecule has 32 heavy (non-hydrogen) atoms. The summed E-state index contributed by atoms with van der Waals surface area (Å²) in [5, 5.41) is 10.8. The first-order chi connectivity index (χ1) is 15.5. The molecule has 1 saturated heterocycles. The molecule has 1 aliphatic heterocycles. The fourth-order valence-corrected chi connectivity index (χ4v) is 6.64. The van der Waals surface area contributed by atoms with E-state index < -0.39 is 0 Å². The van der Waals surface area contributed by atoms with E-state index in [2.05, 4.69) is 40.6 Å². The molecule has 1 atom stereocenters. The van der Waals surface area contributed by atoms with Crippen LogP contribution in [0.1, 0.15) is 61.7 Å². The maximum absolute atomic E-state index is 13.0. The quantitative estimate of drug-likeness (QED) is 0.612. The molecule has 1 unspecified atom stereocenters. The van der Waals surface area contributed by atoms with Crippen LogP contribution in [-0.4, -0.2) is 33.6 Å². The zero-order valence-corrected chi connectivity index (χ0v) is 20.2. The fraction of sp³-hybridized carbons (Fsp3) is 0.565. The van der Waals surface area contributed by atoms with Gasteiger partial charge in [-0.3, -0.25) is 9.59 Å². The summed E-state index contributed by atoms with van der Waals surface area (Å²) in [5.74, 6) is 0.499. The van der Waals surface area contributed by atoms with E-state index in [1.807, 2.05) is 6.07 Å². The van der Waals surface area contributed by atoms with E-state index in [1.165, 1.54) is 20.7 Å². The fourth-order valence-electron chi connectivity index (χ4n) is 4.73. The maximum Gasteiger partial charge on any atom is 0.278 e. The highest BCUT2D eigenvalue weighted by Gasteiger charge is 2.30. The van der Waals surface area contributed by atoms with Gasteiger partial charge in [-0.15, -0.1) is 16.4 Å². The van der Waals surface area contributed by atoms with Gasteiger partial charge in [0.05, 0.1) is 11.7 Å². The summed E-state index contributed by atoms with van der Waals surface area (Å²) in [6.07, 6.45) is 5.41. The Morgan fingerprint density at radius 3 is 2.72 bits per heavy atom. The molecule has 170 valence electrons. The van der Waals surface area contributed by atoms with Gasteiger partial charge in [0.2, 0.25) is 16.0 Å². The number of anilines is 1. The Labute approximate surface area is 195 Å². The summed E-state index contributed by atoms with van der Waals surface area (Å²) in [5.41, 5.74) is 1.79. The van der Waals surface area contributed by atoms with E-state index in [0.717, 1.165) is 68.0 Å². The van der Waals surface area contributed by atoms with Gasteiger partial charge < -0.3 is 10.2 Å². The monoisotopic (exact) mass is 471 g/mol. The number of aryl methyl sites for hydroxylation is 1. The summed E-state index contributed by atoms with van der Waals surface area (Å²) < 4.78 is 1.48. The van der Waals surface area contributed by atoms with E-state index >= 15 is 0 Å². The first-order valence-electron chi connectivity index (χ1n) is 11.5. The number of nitrogens with zero attached hydrogens (tertiary/aromatic N) is 4. The van der Waals surface area contributed by atoms with Gasteiger partial charge in [-0.1, -0.05) is 31.3 Å². The number of hydrogen-bond acceptors (Lipinski definition) is 7. The highest BCUT2D eigenvalue weighted by Crippen LogP contribution is 2.30. The predicted octanol–water partition coefficient (Wildman–Crippen LogP) is 3.82. The third-order valence-electron chi connectivity index (χ3n) is 6.62. The third-order valence-corrected chi connectivity index (χ3v) is 8.54. The van der Waals surface area contributed by atoms with Crippen molar-refractivity contribution in [1.29, 1.82) is 0 Å². The van der Waals surface area contributed by atoms with Crippen molar-refractivity contribution in [2.24, 2.45) is 11.8 Å². The maximum atomic E-state index is 13.0. The van der Waals surface area contributed by atoms with Crippen molar-refractivity contribution in [3.63, 3.8) is 0 Å². The second-order valence-corrected chi connectivity index (χ2v) is 11.0. The van der Waals surface area contributed by atoms with Crippen LogP contribution in [0.5, 0.6) is 0 Å². The van der Waals surface area contributed by atoms with E-state index in [-0.39, 0.29) is 23.4 Å². The van der Waals surface area contributed by atoms with Crippen molar-refractivity contribution in [3.8, 4) is 0 Å². The van der Waals surface area contributed by atoms with Crippen LogP contribution in [0.15, 0.2) is 22.3 Å². The van der Waals surface area contributed by atoms with E-state index in [1.54, 1.807) is 11.3 Å². The van der Waals surface area contributed by atoms with Crippen LogP contribution in [0.25, 0.3) is 4.96 Å².